The number of benzene rings is 1. The van der Waals surface area contributed by atoms with Crippen molar-refractivity contribution in [2.24, 2.45) is 10.7 Å². The standard InChI is InChI=1S/C16H24F2N4/c1-2-22-10-4-5-12(22)11-21-16(19)20-9-8-13-14(17)6-3-7-15(13)18/h3,6-7,12H,2,4-5,8-11H2,1H3,(H3,19,20,21). The lowest BCUT2D eigenvalue weighted by Gasteiger charge is -2.20. The molecule has 6 heteroatoms. The molecule has 22 heavy (non-hydrogen) atoms. The highest BCUT2D eigenvalue weighted by Gasteiger charge is 2.22. The second-order valence-electron chi connectivity index (χ2n) is 5.53. The van der Waals surface area contributed by atoms with Crippen LogP contribution in [0.15, 0.2) is 23.2 Å². The normalized spacial score (nSPS) is 19.6. The fourth-order valence-corrected chi connectivity index (χ4v) is 2.86. The maximum absolute atomic E-state index is 13.5. The summed E-state index contributed by atoms with van der Waals surface area (Å²) in [7, 11) is 0. The molecule has 1 atom stereocenters. The number of rotatable bonds is 6. The molecule has 1 fully saturated rings. The molecule has 0 amide bonds. The number of halogens is 2. The molecular weight excluding hydrogens is 286 g/mol. The molecule has 1 aliphatic rings. The van der Waals surface area contributed by atoms with Crippen LogP contribution >= 0.6 is 0 Å². The maximum atomic E-state index is 13.5. The summed E-state index contributed by atoms with van der Waals surface area (Å²) >= 11 is 0. The topological polar surface area (TPSA) is 53.6 Å². The Morgan fingerprint density at radius 1 is 1.41 bits per heavy atom. The Kier molecular flexibility index (Phi) is 6.12. The van der Waals surface area contributed by atoms with Crippen LogP contribution < -0.4 is 11.1 Å². The van der Waals surface area contributed by atoms with Crippen LogP contribution in [0.1, 0.15) is 25.3 Å². The Labute approximate surface area is 130 Å². The maximum Gasteiger partial charge on any atom is 0.188 e. The predicted octanol–water partition coefficient (Wildman–Crippen LogP) is 1.90. The molecule has 4 nitrogen and oxygen atoms in total. The third kappa shape index (κ3) is 4.40. The van der Waals surface area contributed by atoms with Gasteiger partial charge in [-0.25, -0.2) is 8.78 Å². The monoisotopic (exact) mass is 310 g/mol. The van der Waals surface area contributed by atoms with E-state index in [0.29, 0.717) is 25.1 Å². The fraction of sp³-hybridized carbons (Fsp3) is 0.562. The van der Waals surface area contributed by atoms with Crippen LogP contribution in [-0.4, -0.2) is 43.1 Å². The van der Waals surface area contributed by atoms with Crippen LogP contribution in [0.25, 0.3) is 0 Å². The molecule has 0 aromatic heterocycles. The molecule has 122 valence electrons. The van der Waals surface area contributed by atoms with Crippen LogP contribution in [0.4, 0.5) is 8.78 Å². The van der Waals surface area contributed by atoms with Crippen LogP contribution in [0.2, 0.25) is 0 Å². The molecular formula is C16H24F2N4. The van der Waals surface area contributed by atoms with Gasteiger partial charge in [-0.3, -0.25) is 9.89 Å². The van der Waals surface area contributed by atoms with E-state index in [2.05, 4.69) is 22.1 Å². The molecule has 0 bridgehead atoms. The summed E-state index contributed by atoms with van der Waals surface area (Å²) in [5.41, 5.74) is 5.89. The Hall–Kier alpha value is -1.69. The van der Waals surface area contributed by atoms with E-state index in [-0.39, 0.29) is 12.0 Å². The zero-order valence-corrected chi connectivity index (χ0v) is 13.0. The highest BCUT2D eigenvalue weighted by atomic mass is 19.1. The molecule has 2 rings (SSSR count). The predicted molar refractivity (Wildman–Crippen MR) is 84.8 cm³/mol. The van der Waals surface area contributed by atoms with Crippen molar-refractivity contribution in [2.45, 2.75) is 32.2 Å². The Morgan fingerprint density at radius 3 is 2.82 bits per heavy atom. The zero-order chi connectivity index (χ0) is 15.9. The van der Waals surface area contributed by atoms with Crippen molar-refractivity contribution >= 4 is 5.96 Å². The van der Waals surface area contributed by atoms with Gasteiger partial charge in [-0.1, -0.05) is 13.0 Å². The van der Waals surface area contributed by atoms with Crippen molar-refractivity contribution in [2.75, 3.05) is 26.2 Å². The van der Waals surface area contributed by atoms with E-state index in [0.717, 1.165) is 19.5 Å². The van der Waals surface area contributed by atoms with E-state index >= 15 is 0 Å². The van der Waals surface area contributed by atoms with Gasteiger partial charge in [0.05, 0.1) is 6.54 Å². The third-order valence-electron chi connectivity index (χ3n) is 4.12. The molecule has 3 N–H and O–H groups in total. The summed E-state index contributed by atoms with van der Waals surface area (Å²) in [6, 6.07) is 4.33. The van der Waals surface area contributed by atoms with Crippen molar-refractivity contribution in [3.8, 4) is 0 Å². The Balaban J connectivity index is 1.78. The highest BCUT2D eigenvalue weighted by molar-refractivity contribution is 5.77. The summed E-state index contributed by atoms with van der Waals surface area (Å²) in [4.78, 5) is 6.73. The van der Waals surface area contributed by atoms with E-state index in [1.54, 1.807) is 0 Å². The van der Waals surface area contributed by atoms with Gasteiger partial charge in [-0.2, -0.15) is 0 Å². The Bertz CT molecular complexity index is 499. The van der Waals surface area contributed by atoms with Crippen molar-refractivity contribution in [1.29, 1.82) is 0 Å². The largest absolute Gasteiger partial charge is 0.370 e. The van der Waals surface area contributed by atoms with Crippen molar-refractivity contribution < 1.29 is 8.78 Å². The molecule has 0 radical (unpaired) electrons. The quantitative estimate of drug-likeness (QED) is 0.623. The van der Waals surface area contributed by atoms with Crippen LogP contribution in [-0.2, 0) is 6.42 Å². The molecule has 0 spiro atoms. The first-order chi connectivity index (χ1) is 10.6. The molecule has 1 aliphatic heterocycles. The minimum Gasteiger partial charge on any atom is -0.370 e. The van der Waals surface area contributed by atoms with Gasteiger partial charge in [-0.15, -0.1) is 0 Å². The lowest BCUT2D eigenvalue weighted by Crippen LogP contribution is -2.36. The fourth-order valence-electron chi connectivity index (χ4n) is 2.86. The van der Waals surface area contributed by atoms with E-state index < -0.39 is 11.6 Å². The molecule has 1 unspecified atom stereocenters. The van der Waals surface area contributed by atoms with Gasteiger partial charge in [0, 0.05) is 18.2 Å². The summed E-state index contributed by atoms with van der Waals surface area (Å²) in [6.45, 7) is 5.32. The molecule has 1 saturated heterocycles. The van der Waals surface area contributed by atoms with Crippen molar-refractivity contribution in [3.63, 3.8) is 0 Å². The summed E-state index contributed by atoms with van der Waals surface area (Å²) in [5, 5.41) is 2.92. The highest BCUT2D eigenvalue weighted by Crippen LogP contribution is 2.16. The number of guanidine groups is 1. The number of likely N-dealkylation sites (tertiary alicyclic amines) is 1. The van der Waals surface area contributed by atoms with Gasteiger partial charge >= 0.3 is 0 Å². The average Bonchev–Trinajstić information content (AvgIpc) is 2.95. The van der Waals surface area contributed by atoms with Gasteiger partial charge in [0.1, 0.15) is 11.6 Å². The minimum absolute atomic E-state index is 0.0794. The van der Waals surface area contributed by atoms with Gasteiger partial charge in [0.15, 0.2) is 5.96 Å². The number of likely N-dealkylation sites (N-methyl/N-ethyl adjacent to an activating group) is 1. The number of hydrogen-bond donors (Lipinski definition) is 2. The zero-order valence-electron chi connectivity index (χ0n) is 13.0. The molecule has 1 aromatic rings. The van der Waals surface area contributed by atoms with Crippen molar-refractivity contribution in [1.82, 2.24) is 10.2 Å². The van der Waals surface area contributed by atoms with E-state index in [1.807, 2.05) is 0 Å². The van der Waals surface area contributed by atoms with Gasteiger partial charge in [-0.05, 0) is 44.5 Å². The van der Waals surface area contributed by atoms with Gasteiger partial charge < -0.3 is 11.1 Å². The molecule has 0 saturated carbocycles. The lowest BCUT2D eigenvalue weighted by atomic mass is 10.1. The van der Waals surface area contributed by atoms with Crippen LogP contribution in [0.3, 0.4) is 0 Å². The first kappa shape index (κ1) is 16.7. The Morgan fingerprint density at radius 2 is 2.14 bits per heavy atom. The summed E-state index contributed by atoms with van der Waals surface area (Å²) in [6.07, 6.45) is 2.58. The minimum atomic E-state index is -0.526. The second kappa shape index (κ2) is 8.08. The van der Waals surface area contributed by atoms with E-state index in [9.17, 15) is 8.78 Å². The summed E-state index contributed by atoms with van der Waals surface area (Å²) < 4.78 is 26.9. The van der Waals surface area contributed by atoms with Crippen LogP contribution in [0.5, 0.6) is 0 Å². The van der Waals surface area contributed by atoms with Gasteiger partial charge in [0.25, 0.3) is 0 Å². The second-order valence-corrected chi connectivity index (χ2v) is 5.53. The lowest BCUT2D eigenvalue weighted by molar-refractivity contribution is 0.273. The number of nitrogens with two attached hydrogens (primary N) is 1. The number of hydrogen-bond acceptors (Lipinski definition) is 2. The molecule has 1 aromatic carbocycles. The number of nitrogens with one attached hydrogen (secondary N) is 1. The van der Waals surface area contributed by atoms with Crippen molar-refractivity contribution in [3.05, 3.63) is 35.4 Å². The van der Waals surface area contributed by atoms with Gasteiger partial charge in [0.2, 0.25) is 0 Å². The van der Waals surface area contributed by atoms with E-state index in [4.69, 9.17) is 5.73 Å². The van der Waals surface area contributed by atoms with Crippen LogP contribution in [0, 0.1) is 11.6 Å². The smallest absolute Gasteiger partial charge is 0.188 e. The third-order valence-corrected chi connectivity index (χ3v) is 4.12. The average molecular weight is 310 g/mol. The first-order valence-electron chi connectivity index (χ1n) is 7.82. The number of aliphatic imine (C=N–C) groups is 1. The first-order valence-corrected chi connectivity index (χ1v) is 7.82. The molecule has 1 heterocycles. The molecule has 0 aliphatic carbocycles. The van der Waals surface area contributed by atoms with E-state index in [1.165, 1.54) is 24.6 Å². The summed E-state index contributed by atoms with van der Waals surface area (Å²) in [5.74, 6) is -0.719. The SMILES string of the molecule is CCN1CCCC1CN=C(N)NCCc1c(F)cccc1F. The number of nitrogens with zero attached hydrogens (tertiary/aromatic N) is 2.